The normalized spacial score (nSPS) is 25.8. The van der Waals surface area contributed by atoms with Gasteiger partial charge in [0.2, 0.25) is 0 Å². The van der Waals surface area contributed by atoms with Crippen LogP contribution in [0.25, 0.3) is 0 Å². The predicted octanol–water partition coefficient (Wildman–Crippen LogP) is 2.82. The monoisotopic (exact) mass is 253 g/mol. The van der Waals surface area contributed by atoms with Crippen LogP contribution in [0.15, 0.2) is 18.2 Å². The third kappa shape index (κ3) is 2.85. The molecule has 0 aliphatic carbocycles. The molecule has 1 aromatic rings. The van der Waals surface area contributed by atoms with Crippen molar-refractivity contribution in [3.8, 4) is 0 Å². The Kier molecular flexibility index (Phi) is 3.79. The first kappa shape index (κ1) is 12.5. The van der Waals surface area contributed by atoms with Crippen molar-refractivity contribution in [3.63, 3.8) is 0 Å². The first-order valence-electron chi connectivity index (χ1n) is 6.08. The number of benzene rings is 1. The molecular formula is C13H20ClN3. The first-order valence-corrected chi connectivity index (χ1v) is 6.46. The quantitative estimate of drug-likeness (QED) is 0.797. The topological polar surface area (TPSA) is 41.3 Å². The van der Waals surface area contributed by atoms with E-state index in [4.69, 9.17) is 17.3 Å². The molecule has 1 aromatic carbocycles. The number of anilines is 2. The van der Waals surface area contributed by atoms with Crippen LogP contribution >= 0.6 is 11.6 Å². The Bertz CT molecular complexity index is 394. The van der Waals surface area contributed by atoms with Gasteiger partial charge >= 0.3 is 0 Å². The van der Waals surface area contributed by atoms with Gasteiger partial charge in [0.05, 0.1) is 16.4 Å². The molecule has 1 saturated heterocycles. The Balaban J connectivity index is 2.04. The smallest absolute Gasteiger partial charge is 0.0739 e. The van der Waals surface area contributed by atoms with Crippen molar-refractivity contribution in [2.75, 3.05) is 24.6 Å². The number of hydrogen-bond donors (Lipinski definition) is 2. The number of nitrogens with zero attached hydrogens (tertiary/aromatic N) is 1. The van der Waals surface area contributed by atoms with Crippen molar-refractivity contribution in [2.45, 2.75) is 31.8 Å². The zero-order chi connectivity index (χ0) is 12.4. The predicted molar refractivity (Wildman–Crippen MR) is 74.6 cm³/mol. The molecule has 3 N–H and O–H groups in total. The molecule has 1 heterocycles. The number of hydrogen-bond acceptors (Lipinski definition) is 3. The Labute approximate surface area is 108 Å². The second-order valence-electron chi connectivity index (χ2n) is 4.90. The summed E-state index contributed by atoms with van der Waals surface area (Å²) in [5.74, 6) is 0. The van der Waals surface area contributed by atoms with Crippen LogP contribution in [0, 0.1) is 0 Å². The number of rotatable bonds is 2. The SMILES string of the molecule is CC1CC(Nc2cccc(Cl)c2N)CCN1C. The maximum Gasteiger partial charge on any atom is 0.0739 e. The minimum atomic E-state index is 0.488. The summed E-state index contributed by atoms with van der Waals surface area (Å²) < 4.78 is 0. The first-order chi connectivity index (χ1) is 8.08. The Morgan fingerprint density at radius 3 is 2.94 bits per heavy atom. The fourth-order valence-electron chi connectivity index (χ4n) is 2.30. The van der Waals surface area contributed by atoms with Crippen LogP contribution in [0.3, 0.4) is 0 Å². The molecule has 2 unspecified atom stereocenters. The molecule has 3 nitrogen and oxygen atoms in total. The van der Waals surface area contributed by atoms with Gasteiger partial charge in [-0.05, 0) is 38.9 Å². The standard InChI is InChI=1S/C13H20ClN3/c1-9-8-10(6-7-17(9)2)16-12-5-3-4-11(14)13(12)15/h3-5,9-10,16H,6-8,15H2,1-2H3. The maximum atomic E-state index is 6.01. The number of piperidine rings is 1. The highest BCUT2D eigenvalue weighted by Gasteiger charge is 2.22. The van der Waals surface area contributed by atoms with Gasteiger partial charge in [0.15, 0.2) is 0 Å². The molecule has 1 fully saturated rings. The van der Waals surface area contributed by atoms with E-state index in [2.05, 4.69) is 24.2 Å². The third-order valence-corrected chi connectivity index (χ3v) is 3.95. The lowest BCUT2D eigenvalue weighted by Gasteiger charge is -2.36. The van der Waals surface area contributed by atoms with Crippen LogP contribution in [-0.2, 0) is 0 Å². The highest BCUT2D eigenvalue weighted by Crippen LogP contribution is 2.29. The van der Waals surface area contributed by atoms with Gasteiger partial charge in [-0.15, -0.1) is 0 Å². The Morgan fingerprint density at radius 1 is 1.47 bits per heavy atom. The van der Waals surface area contributed by atoms with E-state index in [1.165, 1.54) is 0 Å². The number of nitrogens with two attached hydrogens (primary N) is 1. The largest absolute Gasteiger partial charge is 0.396 e. The van der Waals surface area contributed by atoms with Crippen molar-refractivity contribution in [2.24, 2.45) is 0 Å². The Morgan fingerprint density at radius 2 is 2.24 bits per heavy atom. The molecule has 17 heavy (non-hydrogen) atoms. The molecule has 2 rings (SSSR count). The van der Waals surface area contributed by atoms with Crippen LogP contribution in [-0.4, -0.2) is 30.6 Å². The van der Waals surface area contributed by atoms with E-state index < -0.39 is 0 Å². The summed E-state index contributed by atoms with van der Waals surface area (Å²) in [6, 6.07) is 6.84. The minimum Gasteiger partial charge on any atom is -0.396 e. The number of nitrogens with one attached hydrogen (secondary N) is 1. The lowest BCUT2D eigenvalue weighted by Crippen LogP contribution is -2.42. The van der Waals surface area contributed by atoms with Crippen molar-refractivity contribution in [3.05, 3.63) is 23.2 Å². The maximum absolute atomic E-state index is 6.01. The van der Waals surface area contributed by atoms with Gasteiger partial charge in [-0.2, -0.15) is 0 Å². The van der Waals surface area contributed by atoms with E-state index >= 15 is 0 Å². The van der Waals surface area contributed by atoms with Crippen molar-refractivity contribution in [1.29, 1.82) is 0 Å². The molecule has 4 heteroatoms. The van der Waals surface area contributed by atoms with Crippen molar-refractivity contribution >= 4 is 23.0 Å². The molecule has 0 aromatic heterocycles. The molecule has 0 radical (unpaired) electrons. The summed E-state index contributed by atoms with van der Waals surface area (Å²) in [4.78, 5) is 2.39. The fourth-order valence-corrected chi connectivity index (χ4v) is 2.48. The van der Waals surface area contributed by atoms with Gasteiger partial charge in [0.25, 0.3) is 0 Å². The highest BCUT2D eigenvalue weighted by atomic mass is 35.5. The van der Waals surface area contributed by atoms with E-state index in [1.54, 1.807) is 0 Å². The highest BCUT2D eigenvalue weighted by molar-refractivity contribution is 6.33. The van der Waals surface area contributed by atoms with E-state index in [9.17, 15) is 0 Å². The van der Waals surface area contributed by atoms with Crippen molar-refractivity contribution < 1.29 is 0 Å². The molecule has 0 saturated carbocycles. The van der Waals surface area contributed by atoms with Crippen LogP contribution in [0.1, 0.15) is 19.8 Å². The number of para-hydroxylation sites is 1. The summed E-state index contributed by atoms with van der Waals surface area (Å²) in [7, 11) is 2.18. The second kappa shape index (κ2) is 5.15. The van der Waals surface area contributed by atoms with Gasteiger partial charge < -0.3 is 16.0 Å². The van der Waals surface area contributed by atoms with Crippen LogP contribution in [0.5, 0.6) is 0 Å². The number of halogens is 1. The Hall–Kier alpha value is -0.930. The molecule has 94 valence electrons. The molecular weight excluding hydrogens is 234 g/mol. The van der Waals surface area contributed by atoms with Crippen LogP contribution in [0.4, 0.5) is 11.4 Å². The van der Waals surface area contributed by atoms with Gasteiger partial charge in [-0.3, -0.25) is 0 Å². The molecule has 1 aliphatic heterocycles. The van der Waals surface area contributed by atoms with Gasteiger partial charge in [-0.25, -0.2) is 0 Å². The van der Waals surface area contributed by atoms with Crippen LogP contribution < -0.4 is 11.1 Å². The molecule has 0 amide bonds. The van der Waals surface area contributed by atoms with Crippen molar-refractivity contribution in [1.82, 2.24) is 4.90 Å². The van der Waals surface area contributed by atoms with E-state index in [-0.39, 0.29) is 0 Å². The average molecular weight is 254 g/mol. The fraction of sp³-hybridized carbons (Fsp3) is 0.538. The zero-order valence-corrected chi connectivity index (χ0v) is 11.2. The summed E-state index contributed by atoms with van der Waals surface area (Å²) in [6.45, 7) is 3.38. The number of nitrogen functional groups attached to an aromatic ring is 1. The van der Waals surface area contributed by atoms with E-state index in [0.29, 0.717) is 22.8 Å². The second-order valence-corrected chi connectivity index (χ2v) is 5.30. The van der Waals surface area contributed by atoms with E-state index in [0.717, 1.165) is 25.1 Å². The summed E-state index contributed by atoms with van der Waals surface area (Å²) in [5.41, 5.74) is 7.57. The summed E-state index contributed by atoms with van der Waals surface area (Å²) >= 11 is 6.01. The minimum absolute atomic E-state index is 0.488. The van der Waals surface area contributed by atoms with E-state index in [1.807, 2.05) is 18.2 Å². The lowest BCUT2D eigenvalue weighted by atomic mass is 9.98. The summed E-state index contributed by atoms with van der Waals surface area (Å²) in [5, 5.41) is 4.13. The third-order valence-electron chi connectivity index (χ3n) is 3.62. The van der Waals surface area contributed by atoms with Gasteiger partial charge in [0, 0.05) is 18.6 Å². The molecule has 0 bridgehead atoms. The molecule has 2 atom stereocenters. The lowest BCUT2D eigenvalue weighted by molar-refractivity contribution is 0.190. The zero-order valence-electron chi connectivity index (χ0n) is 10.4. The molecule has 1 aliphatic rings. The van der Waals surface area contributed by atoms with Gasteiger partial charge in [-0.1, -0.05) is 17.7 Å². The number of likely N-dealkylation sites (tertiary alicyclic amines) is 1. The molecule has 0 spiro atoms. The van der Waals surface area contributed by atoms with Gasteiger partial charge in [0.1, 0.15) is 0 Å². The summed E-state index contributed by atoms with van der Waals surface area (Å²) in [6.07, 6.45) is 2.29. The van der Waals surface area contributed by atoms with Crippen LogP contribution in [0.2, 0.25) is 5.02 Å². The average Bonchev–Trinajstić information content (AvgIpc) is 2.30.